The highest BCUT2D eigenvalue weighted by atomic mass is 19.1. The van der Waals surface area contributed by atoms with Crippen molar-refractivity contribution in [1.29, 1.82) is 0 Å². The van der Waals surface area contributed by atoms with Crippen molar-refractivity contribution >= 4 is 17.7 Å². The standard InChI is InChI=1S/C24H23FN4O5/c1-14-12-27-24-18(7-8-21(30)34-13-22(31)33-3)28-23(17-6-4-5-9-26-17)15-10-16(25)20(32-2)11-19(15)29(14)24/h4-6,9-12,18H,7-8,13H2,1-3H3/t18-/m0/s1. The molecule has 0 N–H and O–H groups in total. The number of benzene rings is 1. The van der Waals surface area contributed by atoms with Gasteiger partial charge in [0.2, 0.25) is 0 Å². The van der Waals surface area contributed by atoms with E-state index in [4.69, 9.17) is 14.5 Å². The van der Waals surface area contributed by atoms with E-state index >= 15 is 0 Å². The number of fused-ring (bicyclic) bond motifs is 3. The quantitative estimate of drug-likeness (QED) is 0.493. The Balaban J connectivity index is 1.78. The van der Waals surface area contributed by atoms with Gasteiger partial charge in [0.15, 0.2) is 18.2 Å². The second-order valence-corrected chi connectivity index (χ2v) is 7.58. The number of rotatable bonds is 7. The summed E-state index contributed by atoms with van der Waals surface area (Å²) in [5.74, 6) is -1.07. The number of imidazole rings is 1. The van der Waals surface area contributed by atoms with E-state index in [1.54, 1.807) is 30.6 Å². The lowest BCUT2D eigenvalue weighted by Crippen LogP contribution is -2.16. The Kier molecular flexibility index (Phi) is 6.67. The van der Waals surface area contributed by atoms with Gasteiger partial charge in [-0.2, -0.15) is 0 Å². The number of carbonyl (C=O) groups excluding carboxylic acids is 2. The number of carbonyl (C=O) groups is 2. The maximum atomic E-state index is 14.8. The lowest BCUT2D eigenvalue weighted by Gasteiger charge is -2.15. The van der Waals surface area contributed by atoms with Crippen LogP contribution in [0.4, 0.5) is 4.39 Å². The van der Waals surface area contributed by atoms with E-state index in [0.29, 0.717) is 28.5 Å². The van der Waals surface area contributed by atoms with Crippen LogP contribution in [0.1, 0.15) is 41.7 Å². The van der Waals surface area contributed by atoms with Crippen molar-refractivity contribution in [3.05, 3.63) is 71.3 Å². The van der Waals surface area contributed by atoms with Crippen molar-refractivity contribution in [3.8, 4) is 11.4 Å². The second kappa shape index (κ2) is 9.82. The monoisotopic (exact) mass is 466 g/mol. The zero-order chi connectivity index (χ0) is 24.2. The van der Waals surface area contributed by atoms with E-state index in [1.165, 1.54) is 20.3 Å². The molecule has 1 aromatic carbocycles. The molecule has 0 unspecified atom stereocenters. The second-order valence-electron chi connectivity index (χ2n) is 7.58. The molecule has 34 heavy (non-hydrogen) atoms. The molecular formula is C24H23FN4O5. The van der Waals surface area contributed by atoms with Gasteiger partial charge in [-0.3, -0.25) is 19.3 Å². The number of halogens is 1. The Labute approximate surface area is 195 Å². The number of nitrogens with zero attached hydrogens (tertiary/aromatic N) is 4. The molecule has 10 heteroatoms. The van der Waals surface area contributed by atoms with Crippen LogP contribution < -0.4 is 4.74 Å². The molecule has 3 aromatic rings. The molecule has 1 atom stereocenters. The molecule has 0 saturated carbocycles. The van der Waals surface area contributed by atoms with Crippen LogP contribution in [-0.2, 0) is 19.1 Å². The largest absolute Gasteiger partial charge is 0.494 e. The maximum absolute atomic E-state index is 14.8. The Bertz CT molecular complexity index is 1260. The topological polar surface area (TPSA) is 105 Å². The average Bonchev–Trinajstić information content (AvgIpc) is 3.17. The molecule has 0 aliphatic carbocycles. The Hall–Kier alpha value is -4.08. The van der Waals surface area contributed by atoms with Crippen LogP contribution in [0, 0.1) is 12.7 Å². The Morgan fingerprint density at radius 3 is 2.68 bits per heavy atom. The van der Waals surface area contributed by atoms with Crippen LogP contribution in [0.15, 0.2) is 47.7 Å². The van der Waals surface area contributed by atoms with Gasteiger partial charge >= 0.3 is 11.9 Å². The predicted octanol–water partition coefficient (Wildman–Crippen LogP) is 3.11. The van der Waals surface area contributed by atoms with Crippen molar-refractivity contribution in [3.63, 3.8) is 0 Å². The minimum atomic E-state index is -0.643. The number of aromatic nitrogens is 3. The van der Waals surface area contributed by atoms with E-state index < -0.39 is 30.4 Å². The number of esters is 2. The van der Waals surface area contributed by atoms with Crippen LogP contribution in [0.5, 0.6) is 5.75 Å². The fraction of sp³-hybridized carbons (Fsp3) is 0.292. The van der Waals surface area contributed by atoms with E-state index in [1.807, 2.05) is 17.6 Å². The maximum Gasteiger partial charge on any atom is 0.344 e. The summed E-state index contributed by atoms with van der Waals surface area (Å²) in [5, 5.41) is 0. The van der Waals surface area contributed by atoms with Gasteiger partial charge in [0.25, 0.3) is 0 Å². The first kappa shape index (κ1) is 23.1. The Morgan fingerprint density at radius 1 is 1.15 bits per heavy atom. The summed E-state index contributed by atoms with van der Waals surface area (Å²) >= 11 is 0. The van der Waals surface area contributed by atoms with Crippen LogP contribution in [-0.4, -0.2) is 53.0 Å². The van der Waals surface area contributed by atoms with Gasteiger partial charge in [-0.1, -0.05) is 6.07 Å². The van der Waals surface area contributed by atoms with E-state index in [9.17, 15) is 14.0 Å². The first-order valence-electron chi connectivity index (χ1n) is 10.6. The highest BCUT2D eigenvalue weighted by Crippen LogP contribution is 2.36. The molecule has 2 aromatic heterocycles. The van der Waals surface area contributed by atoms with Gasteiger partial charge in [-0.05, 0) is 31.5 Å². The molecule has 0 spiro atoms. The van der Waals surface area contributed by atoms with E-state index in [-0.39, 0.29) is 18.6 Å². The SMILES string of the molecule is COC(=O)COC(=O)CC[C@@H]1N=C(c2ccccn2)c2cc(F)c(OC)cc2-n2c(C)cnc21. The summed E-state index contributed by atoms with van der Waals surface area (Å²) in [6, 6.07) is 7.80. The number of methoxy groups -OCH3 is 2. The molecule has 0 amide bonds. The highest BCUT2D eigenvalue weighted by Gasteiger charge is 2.29. The molecule has 0 radical (unpaired) electrons. The van der Waals surface area contributed by atoms with Crippen LogP contribution in [0.2, 0.25) is 0 Å². The fourth-order valence-electron chi connectivity index (χ4n) is 3.79. The lowest BCUT2D eigenvalue weighted by atomic mass is 10.0. The summed E-state index contributed by atoms with van der Waals surface area (Å²) in [4.78, 5) is 37.3. The van der Waals surface area contributed by atoms with Crippen molar-refractivity contribution in [2.45, 2.75) is 25.8 Å². The number of hydrogen-bond donors (Lipinski definition) is 0. The molecular weight excluding hydrogens is 443 g/mol. The van der Waals surface area contributed by atoms with Crippen molar-refractivity contribution in [1.82, 2.24) is 14.5 Å². The van der Waals surface area contributed by atoms with Gasteiger partial charge in [-0.25, -0.2) is 14.2 Å². The number of hydrogen-bond acceptors (Lipinski definition) is 8. The summed E-state index contributed by atoms with van der Waals surface area (Å²) in [5.41, 5.74) is 2.99. The third kappa shape index (κ3) is 4.52. The normalized spacial score (nSPS) is 14.4. The molecule has 0 fully saturated rings. The molecule has 0 saturated heterocycles. The number of pyridine rings is 1. The third-order valence-corrected chi connectivity index (χ3v) is 5.42. The summed E-state index contributed by atoms with van der Waals surface area (Å²) in [7, 11) is 2.62. The number of aryl methyl sites for hydroxylation is 1. The molecule has 9 nitrogen and oxygen atoms in total. The summed E-state index contributed by atoms with van der Waals surface area (Å²) in [6.45, 7) is 1.42. The van der Waals surface area contributed by atoms with E-state index in [0.717, 1.165) is 5.69 Å². The molecule has 4 rings (SSSR count). The molecule has 176 valence electrons. The van der Waals surface area contributed by atoms with Crippen molar-refractivity contribution < 1.29 is 28.2 Å². The van der Waals surface area contributed by atoms with Gasteiger partial charge < -0.3 is 14.2 Å². The zero-order valence-corrected chi connectivity index (χ0v) is 18.9. The first-order valence-corrected chi connectivity index (χ1v) is 10.6. The minimum absolute atomic E-state index is 0.0133. The number of aliphatic imine (C=N–C) groups is 1. The minimum Gasteiger partial charge on any atom is -0.494 e. The third-order valence-electron chi connectivity index (χ3n) is 5.42. The van der Waals surface area contributed by atoms with Crippen LogP contribution in [0.3, 0.4) is 0 Å². The molecule has 1 aliphatic rings. The molecule has 3 heterocycles. The van der Waals surface area contributed by atoms with Crippen LogP contribution >= 0.6 is 0 Å². The summed E-state index contributed by atoms with van der Waals surface area (Å²) in [6.07, 6.45) is 3.56. The fourth-order valence-corrected chi connectivity index (χ4v) is 3.79. The molecule has 0 bridgehead atoms. The summed E-state index contributed by atoms with van der Waals surface area (Å²) < 4.78 is 31.4. The first-order chi connectivity index (χ1) is 16.4. The predicted molar refractivity (Wildman–Crippen MR) is 120 cm³/mol. The van der Waals surface area contributed by atoms with Crippen molar-refractivity contribution in [2.75, 3.05) is 20.8 Å². The smallest absolute Gasteiger partial charge is 0.344 e. The van der Waals surface area contributed by atoms with E-state index in [2.05, 4.69) is 14.7 Å². The average molecular weight is 466 g/mol. The van der Waals surface area contributed by atoms with Gasteiger partial charge in [0.05, 0.1) is 31.3 Å². The zero-order valence-electron chi connectivity index (χ0n) is 18.9. The van der Waals surface area contributed by atoms with Gasteiger partial charge in [-0.15, -0.1) is 0 Å². The van der Waals surface area contributed by atoms with Gasteiger partial charge in [0, 0.05) is 36.1 Å². The van der Waals surface area contributed by atoms with Crippen molar-refractivity contribution in [2.24, 2.45) is 4.99 Å². The highest BCUT2D eigenvalue weighted by molar-refractivity contribution is 6.14. The number of ether oxygens (including phenoxy) is 3. The van der Waals surface area contributed by atoms with Gasteiger partial charge in [0.1, 0.15) is 11.9 Å². The Morgan fingerprint density at radius 2 is 1.97 bits per heavy atom. The van der Waals surface area contributed by atoms with Crippen LogP contribution in [0.25, 0.3) is 5.69 Å². The molecule has 1 aliphatic heterocycles. The lowest BCUT2D eigenvalue weighted by molar-refractivity contribution is -0.157.